The SMILES string of the molecule is O=C(Cc1ccc2c(c1)OCCO2)N/N=C\c1cccc(O)c1. The van der Waals surface area contributed by atoms with Gasteiger partial charge in [-0.25, -0.2) is 5.43 Å². The van der Waals surface area contributed by atoms with E-state index in [2.05, 4.69) is 10.5 Å². The molecule has 6 nitrogen and oxygen atoms in total. The number of aromatic hydroxyl groups is 1. The third-order valence-electron chi connectivity index (χ3n) is 3.24. The minimum Gasteiger partial charge on any atom is -0.508 e. The van der Waals surface area contributed by atoms with Crippen molar-refractivity contribution in [1.82, 2.24) is 5.43 Å². The highest BCUT2D eigenvalue weighted by atomic mass is 16.6. The van der Waals surface area contributed by atoms with Gasteiger partial charge >= 0.3 is 0 Å². The van der Waals surface area contributed by atoms with Crippen LogP contribution in [0.1, 0.15) is 11.1 Å². The van der Waals surface area contributed by atoms with Crippen molar-refractivity contribution in [2.24, 2.45) is 5.10 Å². The number of carbonyl (C=O) groups excluding carboxylic acids is 1. The van der Waals surface area contributed by atoms with Crippen LogP contribution in [-0.4, -0.2) is 30.4 Å². The van der Waals surface area contributed by atoms with E-state index in [9.17, 15) is 9.90 Å². The number of hydrazone groups is 1. The summed E-state index contributed by atoms with van der Waals surface area (Å²) in [5, 5.41) is 13.2. The van der Waals surface area contributed by atoms with Crippen LogP contribution in [0.2, 0.25) is 0 Å². The standard InChI is InChI=1S/C17H16N2O4/c20-14-3-1-2-13(8-14)11-18-19-17(21)10-12-4-5-15-16(9-12)23-7-6-22-15/h1-5,8-9,11,20H,6-7,10H2,(H,19,21)/b18-11-. The van der Waals surface area contributed by atoms with Crippen molar-refractivity contribution < 1.29 is 19.4 Å². The van der Waals surface area contributed by atoms with Crippen LogP contribution in [0.25, 0.3) is 0 Å². The summed E-state index contributed by atoms with van der Waals surface area (Å²) in [6, 6.07) is 12.0. The van der Waals surface area contributed by atoms with Gasteiger partial charge in [0.1, 0.15) is 19.0 Å². The Labute approximate surface area is 133 Å². The molecule has 6 heteroatoms. The number of fused-ring (bicyclic) bond motifs is 1. The van der Waals surface area contributed by atoms with Crippen LogP contribution >= 0.6 is 0 Å². The third kappa shape index (κ3) is 4.00. The second kappa shape index (κ2) is 6.83. The lowest BCUT2D eigenvalue weighted by Crippen LogP contribution is -2.20. The summed E-state index contributed by atoms with van der Waals surface area (Å²) < 4.78 is 10.9. The highest BCUT2D eigenvalue weighted by Crippen LogP contribution is 2.30. The molecule has 2 aromatic carbocycles. The zero-order chi connectivity index (χ0) is 16.1. The zero-order valence-electron chi connectivity index (χ0n) is 12.4. The van der Waals surface area contributed by atoms with Crippen molar-refractivity contribution >= 4 is 12.1 Å². The summed E-state index contributed by atoms with van der Waals surface area (Å²) in [6.07, 6.45) is 1.66. The second-order valence-electron chi connectivity index (χ2n) is 5.04. The van der Waals surface area contributed by atoms with Gasteiger partial charge in [-0.3, -0.25) is 4.79 Å². The predicted octanol–water partition coefficient (Wildman–Crippen LogP) is 1.86. The number of nitrogens with zero attached hydrogens (tertiary/aromatic N) is 1. The first-order chi connectivity index (χ1) is 11.2. The van der Waals surface area contributed by atoms with Crippen molar-refractivity contribution in [3.05, 3.63) is 53.6 Å². The zero-order valence-corrected chi connectivity index (χ0v) is 12.4. The average molecular weight is 312 g/mol. The Morgan fingerprint density at radius 1 is 1.17 bits per heavy atom. The lowest BCUT2D eigenvalue weighted by atomic mass is 10.1. The monoisotopic (exact) mass is 312 g/mol. The molecular formula is C17H16N2O4. The first kappa shape index (κ1) is 14.9. The van der Waals surface area contributed by atoms with E-state index in [1.165, 1.54) is 6.21 Å². The molecule has 118 valence electrons. The van der Waals surface area contributed by atoms with Gasteiger partial charge in [0.2, 0.25) is 5.91 Å². The van der Waals surface area contributed by atoms with Gasteiger partial charge < -0.3 is 14.6 Å². The van der Waals surface area contributed by atoms with Crippen LogP contribution in [0.4, 0.5) is 0 Å². The molecule has 3 rings (SSSR count). The lowest BCUT2D eigenvalue weighted by molar-refractivity contribution is -0.120. The van der Waals surface area contributed by atoms with Crippen LogP contribution in [0.15, 0.2) is 47.6 Å². The topological polar surface area (TPSA) is 80.2 Å². The number of amides is 1. The fraction of sp³-hybridized carbons (Fsp3) is 0.176. The van der Waals surface area contributed by atoms with Gasteiger partial charge in [0.25, 0.3) is 0 Å². The number of rotatable bonds is 4. The number of carbonyl (C=O) groups is 1. The summed E-state index contributed by atoms with van der Waals surface area (Å²) in [6.45, 7) is 1.05. The molecule has 0 fully saturated rings. The van der Waals surface area contributed by atoms with Gasteiger partial charge in [0.15, 0.2) is 11.5 Å². The van der Waals surface area contributed by atoms with Crippen molar-refractivity contribution in [1.29, 1.82) is 0 Å². The Balaban J connectivity index is 1.57. The van der Waals surface area contributed by atoms with E-state index in [1.807, 2.05) is 6.07 Å². The van der Waals surface area contributed by atoms with E-state index in [-0.39, 0.29) is 18.1 Å². The maximum absolute atomic E-state index is 11.9. The lowest BCUT2D eigenvalue weighted by Gasteiger charge is -2.18. The van der Waals surface area contributed by atoms with Crippen LogP contribution in [-0.2, 0) is 11.2 Å². The van der Waals surface area contributed by atoms with Crippen LogP contribution in [0, 0.1) is 0 Å². The molecule has 0 aliphatic carbocycles. The van der Waals surface area contributed by atoms with Gasteiger partial charge in [-0.15, -0.1) is 0 Å². The minimum absolute atomic E-state index is 0.150. The molecule has 0 spiro atoms. The fourth-order valence-electron chi connectivity index (χ4n) is 2.21. The summed E-state index contributed by atoms with van der Waals surface area (Å²) in [5.41, 5.74) is 3.97. The summed E-state index contributed by atoms with van der Waals surface area (Å²) in [7, 11) is 0. The van der Waals surface area contributed by atoms with Gasteiger partial charge in [0, 0.05) is 0 Å². The predicted molar refractivity (Wildman–Crippen MR) is 85.0 cm³/mol. The highest BCUT2D eigenvalue weighted by molar-refractivity contribution is 5.83. The third-order valence-corrected chi connectivity index (χ3v) is 3.24. The van der Waals surface area contributed by atoms with Crippen molar-refractivity contribution in [2.75, 3.05) is 13.2 Å². The summed E-state index contributed by atoms with van der Waals surface area (Å²) in [5.74, 6) is 1.27. The van der Waals surface area contributed by atoms with E-state index in [4.69, 9.17) is 9.47 Å². The number of phenolic OH excluding ortho intramolecular Hbond substituents is 1. The molecule has 2 aromatic rings. The number of nitrogens with one attached hydrogen (secondary N) is 1. The molecule has 0 saturated carbocycles. The van der Waals surface area contributed by atoms with Crippen molar-refractivity contribution in [3.63, 3.8) is 0 Å². The largest absolute Gasteiger partial charge is 0.508 e. The minimum atomic E-state index is -0.238. The highest BCUT2D eigenvalue weighted by Gasteiger charge is 2.12. The molecule has 1 heterocycles. The molecular weight excluding hydrogens is 296 g/mol. The Kier molecular flexibility index (Phi) is 4.42. The van der Waals surface area contributed by atoms with E-state index >= 15 is 0 Å². The number of ether oxygens (including phenoxy) is 2. The van der Waals surface area contributed by atoms with E-state index in [1.54, 1.807) is 36.4 Å². The van der Waals surface area contributed by atoms with E-state index in [0.717, 1.165) is 5.56 Å². The van der Waals surface area contributed by atoms with Crippen LogP contribution in [0.3, 0.4) is 0 Å². The van der Waals surface area contributed by atoms with E-state index < -0.39 is 0 Å². The molecule has 1 aliphatic rings. The molecule has 0 aromatic heterocycles. The molecule has 23 heavy (non-hydrogen) atoms. The van der Waals surface area contributed by atoms with Gasteiger partial charge in [-0.05, 0) is 35.4 Å². The molecule has 2 N–H and O–H groups in total. The molecule has 1 aliphatic heterocycles. The Bertz CT molecular complexity index is 743. The first-order valence-corrected chi connectivity index (χ1v) is 7.20. The first-order valence-electron chi connectivity index (χ1n) is 7.20. The molecule has 0 saturated heterocycles. The summed E-state index contributed by atoms with van der Waals surface area (Å²) in [4.78, 5) is 11.9. The Morgan fingerprint density at radius 2 is 2.00 bits per heavy atom. The number of phenols is 1. The van der Waals surface area contributed by atoms with E-state index in [0.29, 0.717) is 30.3 Å². The van der Waals surface area contributed by atoms with Crippen molar-refractivity contribution in [3.8, 4) is 17.2 Å². The smallest absolute Gasteiger partial charge is 0.244 e. The number of hydrogen-bond donors (Lipinski definition) is 2. The molecule has 0 unspecified atom stereocenters. The van der Waals surface area contributed by atoms with Gasteiger partial charge in [0.05, 0.1) is 12.6 Å². The van der Waals surface area contributed by atoms with Crippen LogP contribution < -0.4 is 14.9 Å². The molecule has 1 amide bonds. The maximum atomic E-state index is 11.9. The normalized spacial score (nSPS) is 13.0. The molecule has 0 radical (unpaired) electrons. The van der Waals surface area contributed by atoms with Crippen molar-refractivity contribution in [2.45, 2.75) is 6.42 Å². The van der Waals surface area contributed by atoms with Gasteiger partial charge in [-0.2, -0.15) is 5.10 Å². The number of hydrogen-bond acceptors (Lipinski definition) is 5. The van der Waals surface area contributed by atoms with Crippen LogP contribution in [0.5, 0.6) is 17.2 Å². The quantitative estimate of drug-likeness (QED) is 0.667. The van der Waals surface area contributed by atoms with Gasteiger partial charge in [-0.1, -0.05) is 18.2 Å². The number of benzene rings is 2. The maximum Gasteiger partial charge on any atom is 0.244 e. The fourth-order valence-corrected chi connectivity index (χ4v) is 2.21. The second-order valence-corrected chi connectivity index (χ2v) is 5.04. The average Bonchev–Trinajstić information content (AvgIpc) is 2.55. The summed E-state index contributed by atoms with van der Waals surface area (Å²) >= 11 is 0. The Hall–Kier alpha value is -3.02. The molecule has 0 atom stereocenters. The molecule has 0 bridgehead atoms. The Morgan fingerprint density at radius 3 is 2.83 bits per heavy atom.